The van der Waals surface area contributed by atoms with Crippen molar-refractivity contribution in [2.45, 2.75) is 26.4 Å². The fraction of sp³-hybridized carbons (Fsp3) is 0.667. The maximum Gasteiger partial charge on any atom is 0.272 e. The Balaban J connectivity index is 1.66. The van der Waals surface area contributed by atoms with Crippen molar-refractivity contribution in [3.63, 3.8) is 0 Å². The first-order valence-corrected chi connectivity index (χ1v) is 8.77. The van der Waals surface area contributed by atoms with E-state index < -0.39 is 0 Å². The van der Waals surface area contributed by atoms with Crippen molar-refractivity contribution in [3.05, 3.63) is 30.1 Å². The molecule has 3 heterocycles. The number of hydrogen-bond acceptors (Lipinski definition) is 4. The molecule has 5 nitrogen and oxygen atoms in total. The highest BCUT2D eigenvalue weighted by atomic mass is 16.5. The quantitative estimate of drug-likeness (QED) is 0.832. The number of hydrogen-bond donors (Lipinski definition) is 0. The standard InChI is InChI=1S/C18H27N3O2/c1-3-20(4-2)12-17-15-11-21(10-8-14(15)13-23-17)18(22)16-7-5-6-9-19-16/h5-7,9,14-15,17H,3-4,8,10-13H2,1-2H3/t14-,15-,17+/m1/s1. The third-order valence-corrected chi connectivity index (χ3v) is 5.31. The molecule has 0 aliphatic carbocycles. The Bertz CT molecular complexity index is 518. The fourth-order valence-electron chi connectivity index (χ4n) is 3.79. The summed E-state index contributed by atoms with van der Waals surface area (Å²) < 4.78 is 6.07. The Morgan fingerprint density at radius 3 is 2.91 bits per heavy atom. The molecule has 2 aliphatic heterocycles. The molecule has 0 unspecified atom stereocenters. The number of ether oxygens (including phenoxy) is 1. The molecule has 0 N–H and O–H groups in total. The van der Waals surface area contributed by atoms with Crippen LogP contribution in [0.5, 0.6) is 0 Å². The van der Waals surface area contributed by atoms with E-state index in [-0.39, 0.29) is 12.0 Å². The molecule has 2 aliphatic rings. The van der Waals surface area contributed by atoms with Gasteiger partial charge in [-0.15, -0.1) is 0 Å². The molecule has 3 atom stereocenters. The number of carbonyl (C=O) groups is 1. The van der Waals surface area contributed by atoms with E-state index in [1.54, 1.807) is 12.3 Å². The fourth-order valence-corrected chi connectivity index (χ4v) is 3.79. The summed E-state index contributed by atoms with van der Waals surface area (Å²) in [5, 5.41) is 0. The summed E-state index contributed by atoms with van der Waals surface area (Å²) in [7, 11) is 0. The summed E-state index contributed by atoms with van der Waals surface area (Å²) in [6, 6.07) is 5.51. The lowest BCUT2D eigenvalue weighted by atomic mass is 9.84. The summed E-state index contributed by atoms with van der Waals surface area (Å²) in [4.78, 5) is 21.2. The summed E-state index contributed by atoms with van der Waals surface area (Å²) in [5.41, 5.74) is 0.546. The normalized spacial score (nSPS) is 27.3. The first kappa shape index (κ1) is 16.4. The maximum absolute atomic E-state index is 12.6. The third kappa shape index (κ3) is 3.56. The lowest BCUT2D eigenvalue weighted by Gasteiger charge is -2.36. The zero-order valence-electron chi connectivity index (χ0n) is 14.1. The second kappa shape index (κ2) is 7.41. The molecule has 1 aromatic heterocycles. The van der Waals surface area contributed by atoms with E-state index in [9.17, 15) is 4.79 Å². The van der Waals surface area contributed by atoms with Crippen molar-refractivity contribution in [1.29, 1.82) is 0 Å². The van der Waals surface area contributed by atoms with E-state index in [0.717, 1.165) is 45.8 Å². The van der Waals surface area contributed by atoms with Gasteiger partial charge in [0.25, 0.3) is 5.91 Å². The minimum Gasteiger partial charge on any atom is -0.376 e. The van der Waals surface area contributed by atoms with E-state index in [0.29, 0.717) is 17.5 Å². The van der Waals surface area contributed by atoms with Crippen LogP contribution in [-0.2, 0) is 4.74 Å². The Morgan fingerprint density at radius 1 is 1.39 bits per heavy atom. The molecule has 0 bridgehead atoms. The molecule has 3 rings (SSSR count). The number of aromatic nitrogens is 1. The van der Waals surface area contributed by atoms with Gasteiger partial charge in [-0.1, -0.05) is 19.9 Å². The number of likely N-dealkylation sites (N-methyl/N-ethyl adjacent to an activating group) is 1. The van der Waals surface area contributed by atoms with Gasteiger partial charge in [-0.3, -0.25) is 9.78 Å². The van der Waals surface area contributed by atoms with Gasteiger partial charge in [0.2, 0.25) is 0 Å². The zero-order valence-corrected chi connectivity index (χ0v) is 14.1. The average Bonchev–Trinajstić information content (AvgIpc) is 3.01. The van der Waals surface area contributed by atoms with Crippen LogP contribution >= 0.6 is 0 Å². The monoisotopic (exact) mass is 317 g/mol. The highest BCUT2D eigenvalue weighted by Crippen LogP contribution is 2.35. The van der Waals surface area contributed by atoms with E-state index in [4.69, 9.17) is 4.74 Å². The number of fused-ring (bicyclic) bond motifs is 1. The van der Waals surface area contributed by atoms with Gasteiger partial charge in [-0.2, -0.15) is 0 Å². The van der Waals surface area contributed by atoms with E-state index >= 15 is 0 Å². The van der Waals surface area contributed by atoms with Gasteiger partial charge < -0.3 is 14.5 Å². The molecular formula is C18H27N3O2. The van der Waals surface area contributed by atoms with Crippen LogP contribution in [0, 0.1) is 11.8 Å². The molecular weight excluding hydrogens is 290 g/mol. The molecule has 0 radical (unpaired) electrons. The maximum atomic E-state index is 12.6. The number of pyridine rings is 1. The number of carbonyl (C=O) groups excluding carboxylic acids is 1. The van der Waals surface area contributed by atoms with Crippen molar-refractivity contribution >= 4 is 5.91 Å². The zero-order chi connectivity index (χ0) is 16.2. The van der Waals surface area contributed by atoms with Gasteiger partial charge in [0.1, 0.15) is 5.69 Å². The van der Waals surface area contributed by atoms with Gasteiger partial charge in [0.15, 0.2) is 0 Å². The molecule has 5 heteroatoms. The number of piperidine rings is 1. The predicted octanol–water partition coefficient (Wildman–Crippen LogP) is 1.90. The Labute approximate surface area is 138 Å². The smallest absolute Gasteiger partial charge is 0.272 e. The van der Waals surface area contributed by atoms with Crippen LogP contribution in [0.1, 0.15) is 30.8 Å². The van der Waals surface area contributed by atoms with Crippen LogP contribution in [0.4, 0.5) is 0 Å². The van der Waals surface area contributed by atoms with Crippen molar-refractivity contribution in [2.24, 2.45) is 11.8 Å². The number of amides is 1. The van der Waals surface area contributed by atoms with E-state index in [1.165, 1.54) is 0 Å². The number of nitrogens with zero attached hydrogens (tertiary/aromatic N) is 3. The van der Waals surface area contributed by atoms with Gasteiger partial charge in [0.05, 0.1) is 12.7 Å². The molecule has 2 saturated heterocycles. The minimum atomic E-state index is 0.0533. The summed E-state index contributed by atoms with van der Waals surface area (Å²) in [5.74, 6) is 1.11. The summed E-state index contributed by atoms with van der Waals surface area (Å²) >= 11 is 0. The first-order chi connectivity index (χ1) is 11.2. The van der Waals surface area contributed by atoms with Gasteiger partial charge in [-0.05, 0) is 37.6 Å². The van der Waals surface area contributed by atoms with Crippen molar-refractivity contribution in [2.75, 3.05) is 39.3 Å². The van der Waals surface area contributed by atoms with Gasteiger partial charge >= 0.3 is 0 Å². The van der Waals surface area contributed by atoms with Gasteiger partial charge in [-0.25, -0.2) is 0 Å². The second-order valence-corrected chi connectivity index (χ2v) is 6.54. The topological polar surface area (TPSA) is 45.7 Å². The molecule has 126 valence electrons. The lowest BCUT2D eigenvalue weighted by molar-refractivity contribution is 0.0411. The SMILES string of the molecule is CCN(CC)C[C@@H]1OC[C@H]2CCN(C(=O)c3ccccn3)C[C@H]21. The summed E-state index contributed by atoms with van der Waals surface area (Å²) in [6.07, 6.45) is 2.97. The molecule has 23 heavy (non-hydrogen) atoms. The predicted molar refractivity (Wildman–Crippen MR) is 89.3 cm³/mol. The highest BCUT2D eigenvalue weighted by Gasteiger charge is 2.42. The van der Waals surface area contributed by atoms with Crippen LogP contribution in [0.25, 0.3) is 0 Å². The van der Waals surface area contributed by atoms with Crippen LogP contribution < -0.4 is 0 Å². The average molecular weight is 317 g/mol. The van der Waals surface area contributed by atoms with E-state index in [2.05, 4.69) is 23.7 Å². The lowest BCUT2D eigenvalue weighted by Crippen LogP contribution is -2.47. The highest BCUT2D eigenvalue weighted by molar-refractivity contribution is 5.92. The van der Waals surface area contributed by atoms with Crippen molar-refractivity contribution in [1.82, 2.24) is 14.8 Å². The Hall–Kier alpha value is -1.46. The van der Waals surface area contributed by atoms with Crippen molar-refractivity contribution in [3.8, 4) is 0 Å². The molecule has 0 spiro atoms. The molecule has 1 amide bonds. The Kier molecular flexibility index (Phi) is 5.28. The first-order valence-electron chi connectivity index (χ1n) is 8.77. The third-order valence-electron chi connectivity index (χ3n) is 5.31. The number of rotatable bonds is 5. The van der Waals surface area contributed by atoms with Crippen LogP contribution in [0.2, 0.25) is 0 Å². The molecule has 0 aromatic carbocycles. The molecule has 1 aromatic rings. The second-order valence-electron chi connectivity index (χ2n) is 6.54. The van der Waals surface area contributed by atoms with Gasteiger partial charge in [0, 0.05) is 31.7 Å². The largest absolute Gasteiger partial charge is 0.376 e. The van der Waals surface area contributed by atoms with Crippen molar-refractivity contribution < 1.29 is 9.53 Å². The summed E-state index contributed by atoms with van der Waals surface area (Å²) in [6.45, 7) is 9.90. The number of likely N-dealkylation sites (tertiary alicyclic amines) is 1. The van der Waals surface area contributed by atoms with Crippen LogP contribution in [0.3, 0.4) is 0 Å². The van der Waals surface area contributed by atoms with Crippen LogP contribution in [-0.4, -0.2) is 66.1 Å². The Morgan fingerprint density at radius 2 is 2.22 bits per heavy atom. The molecule has 2 fully saturated rings. The minimum absolute atomic E-state index is 0.0533. The molecule has 0 saturated carbocycles. The van der Waals surface area contributed by atoms with E-state index in [1.807, 2.05) is 17.0 Å². The van der Waals surface area contributed by atoms with Crippen LogP contribution in [0.15, 0.2) is 24.4 Å².